The lowest BCUT2D eigenvalue weighted by atomic mass is 10.1. The van der Waals surface area contributed by atoms with Crippen LogP contribution in [0.5, 0.6) is 5.75 Å². The summed E-state index contributed by atoms with van der Waals surface area (Å²) in [5.74, 6) is 0.448. The van der Waals surface area contributed by atoms with Crippen LogP contribution >= 0.6 is 0 Å². The molecule has 0 aromatic heterocycles. The zero-order chi connectivity index (χ0) is 21.2. The topological polar surface area (TPSA) is 79.5 Å². The first-order chi connectivity index (χ1) is 14.6. The Hall–Kier alpha value is -3.80. The minimum Gasteiger partial charge on any atom is -0.497 e. The first-order valence-corrected chi connectivity index (χ1v) is 9.74. The fourth-order valence-corrected chi connectivity index (χ4v) is 2.92. The molecule has 0 saturated carbocycles. The molecule has 6 heteroatoms. The van der Waals surface area contributed by atoms with Gasteiger partial charge < -0.3 is 20.7 Å². The van der Waals surface area contributed by atoms with E-state index in [1.54, 1.807) is 25.3 Å². The zero-order valence-corrected chi connectivity index (χ0v) is 16.9. The SMILES string of the molecule is COc1cccc(NC(=O)CNc2cccc(NC(=O)CCc3ccccc3)c2)c1. The number of benzene rings is 3. The van der Waals surface area contributed by atoms with Crippen molar-refractivity contribution < 1.29 is 14.3 Å². The van der Waals surface area contributed by atoms with Crippen molar-refractivity contribution in [2.45, 2.75) is 12.8 Å². The van der Waals surface area contributed by atoms with E-state index in [1.165, 1.54) is 0 Å². The standard InChI is InChI=1S/C24H25N3O3/c1-30-22-12-6-11-21(16-22)27-24(29)17-25-19-9-5-10-20(15-19)26-23(28)14-13-18-7-3-2-4-8-18/h2-12,15-16,25H,13-14,17H2,1H3,(H,26,28)(H,27,29). The van der Waals surface area contributed by atoms with Crippen LogP contribution in [0.2, 0.25) is 0 Å². The Kier molecular flexibility index (Phi) is 7.44. The van der Waals surface area contributed by atoms with Gasteiger partial charge in [-0.05, 0) is 42.3 Å². The van der Waals surface area contributed by atoms with E-state index in [1.807, 2.05) is 60.7 Å². The number of amides is 2. The summed E-state index contributed by atoms with van der Waals surface area (Å²) in [5, 5.41) is 8.78. The highest BCUT2D eigenvalue weighted by Gasteiger charge is 2.06. The van der Waals surface area contributed by atoms with Gasteiger partial charge in [-0.15, -0.1) is 0 Å². The second-order valence-electron chi connectivity index (χ2n) is 6.75. The number of methoxy groups -OCH3 is 1. The van der Waals surface area contributed by atoms with Crippen LogP contribution in [-0.2, 0) is 16.0 Å². The molecule has 0 aliphatic carbocycles. The predicted molar refractivity (Wildman–Crippen MR) is 120 cm³/mol. The first-order valence-electron chi connectivity index (χ1n) is 9.74. The van der Waals surface area contributed by atoms with Crippen LogP contribution in [-0.4, -0.2) is 25.5 Å². The average Bonchev–Trinajstić information content (AvgIpc) is 2.77. The molecule has 0 aliphatic rings. The summed E-state index contributed by atoms with van der Waals surface area (Å²) in [5.41, 5.74) is 3.23. The lowest BCUT2D eigenvalue weighted by molar-refractivity contribution is -0.116. The molecule has 0 aliphatic heterocycles. The average molecular weight is 403 g/mol. The summed E-state index contributed by atoms with van der Waals surface area (Å²) in [6.45, 7) is 0.0998. The Bertz CT molecular complexity index is 990. The number of carbonyl (C=O) groups excluding carboxylic acids is 2. The fraction of sp³-hybridized carbons (Fsp3) is 0.167. The molecule has 3 N–H and O–H groups in total. The lowest BCUT2D eigenvalue weighted by Gasteiger charge is -2.11. The van der Waals surface area contributed by atoms with E-state index < -0.39 is 0 Å². The predicted octanol–water partition coefficient (Wildman–Crippen LogP) is 4.32. The third-order valence-corrected chi connectivity index (χ3v) is 4.44. The summed E-state index contributed by atoms with van der Waals surface area (Å²) < 4.78 is 5.15. The summed E-state index contributed by atoms with van der Waals surface area (Å²) in [7, 11) is 1.58. The summed E-state index contributed by atoms with van der Waals surface area (Å²) in [6.07, 6.45) is 1.10. The van der Waals surface area contributed by atoms with Crippen LogP contribution in [0.15, 0.2) is 78.9 Å². The lowest BCUT2D eigenvalue weighted by Crippen LogP contribution is -2.21. The molecule has 0 fully saturated rings. The van der Waals surface area contributed by atoms with Crippen LogP contribution in [0.3, 0.4) is 0 Å². The van der Waals surface area contributed by atoms with Gasteiger partial charge in [0.25, 0.3) is 0 Å². The van der Waals surface area contributed by atoms with E-state index in [-0.39, 0.29) is 18.4 Å². The third-order valence-electron chi connectivity index (χ3n) is 4.44. The van der Waals surface area contributed by atoms with Gasteiger partial charge in [-0.2, -0.15) is 0 Å². The minimum absolute atomic E-state index is 0.0493. The molecule has 30 heavy (non-hydrogen) atoms. The molecule has 0 saturated heterocycles. The molecule has 0 spiro atoms. The number of carbonyl (C=O) groups is 2. The molecular weight excluding hydrogens is 378 g/mol. The molecule has 3 aromatic rings. The number of ether oxygens (including phenoxy) is 1. The first kappa shape index (κ1) is 20.9. The molecule has 0 heterocycles. The number of anilines is 3. The van der Waals surface area contributed by atoms with E-state index >= 15 is 0 Å². The number of hydrogen-bond acceptors (Lipinski definition) is 4. The van der Waals surface area contributed by atoms with Crippen molar-refractivity contribution >= 4 is 28.9 Å². The highest BCUT2D eigenvalue weighted by Crippen LogP contribution is 2.18. The quantitative estimate of drug-likeness (QED) is 0.497. The highest BCUT2D eigenvalue weighted by atomic mass is 16.5. The van der Waals surface area contributed by atoms with E-state index in [0.29, 0.717) is 30.0 Å². The maximum Gasteiger partial charge on any atom is 0.243 e. The third kappa shape index (κ3) is 6.67. The normalized spacial score (nSPS) is 10.2. The van der Waals surface area contributed by atoms with Crippen molar-refractivity contribution in [3.8, 4) is 5.75 Å². The van der Waals surface area contributed by atoms with Crippen molar-refractivity contribution in [3.05, 3.63) is 84.4 Å². The Balaban J connectivity index is 1.47. The molecule has 3 rings (SSSR count). The molecule has 6 nitrogen and oxygen atoms in total. The Morgan fingerprint density at radius 2 is 1.43 bits per heavy atom. The van der Waals surface area contributed by atoms with Gasteiger partial charge >= 0.3 is 0 Å². The van der Waals surface area contributed by atoms with Gasteiger partial charge in [0.1, 0.15) is 5.75 Å². The van der Waals surface area contributed by atoms with Gasteiger partial charge in [-0.1, -0.05) is 42.5 Å². The van der Waals surface area contributed by atoms with E-state index in [2.05, 4.69) is 16.0 Å². The minimum atomic E-state index is -0.180. The molecule has 0 bridgehead atoms. The summed E-state index contributed by atoms with van der Waals surface area (Å²) in [6, 6.07) is 24.4. The van der Waals surface area contributed by atoms with Crippen LogP contribution in [0.25, 0.3) is 0 Å². The van der Waals surface area contributed by atoms with Crippen molar-refractivity contribution in [2.75, 3.05) is 29.6 Å². The van der Waals surface area contributed by atoms with Gasteiger partial charge in [0.05, 0.1) is 13.7 Å². The molecule has 0 unspecified atom stereocenters. The Morgan fingerprint density at radius 1 is 0.767 bits per heavy atom. The van der Waals surface area contributed by atoms with Crippen molar-refractivity contribution in [2.24, 2.45) is 0 Å². The van der Waals surface area contributed by atoms with E-state index in [0.717, 1.165) is 11.3 Å². The largest absolute Gasteiger partial charge is 0.497 e. The van der Waals surface area contributed by atoms with Gasteiger partial charge in [-0.3, -0.25) is 9.59 Å². The number of aryl methyl sites for hydroxylation is 1. The maximum absolute atomic E-state index is 12.2. The molecular formula is C24H25N3O3. The van der Waals surface area contributed by atoms with Crippen molar-refractivity contribution in [1.82, 2.24) is 0 Å². The fourth-order valence-electron chi connectivity index (χ4n) is 2.92. The highest BCUT2D eigenvalue weighted by molar-refractivity contribution is 5.94. The molecule has 2 amide bonds. The molecule has 0 atom stereocenters. The van der Waals surface area contributed by atoms with Crippen LogP contribution in [0.1, 0.15) is 12.0 Å². The Morgan fingerprint density at radius 3 is 2.20 bits per heavy atom. The second-order valence-corrected chi connectivity index (χ2v) is 6.75. The zero-order valence-electron chi connectivity index (χ0n) is 16.9. The molecule has 154 valence electrons. The summed E-state index contributed by atoms with van der Waals surface area (Å²) in [4.78, 5) is 24.4. The van der Waals surface area contributed by atoms with Crippen LogP contribution in [0.4, 0.5) is 17.1 Å². The van der Waals surface area contributed by atoms with Crippen LogP contribution < -0.4 is 20.7 Å². The van der Waals surface area contributed by atoms with Crippen molar-refractivity contribution in [3.63, 3.8) is 0 Å². The molecule has 0 radical (unpaired) electrons. The van der Waals surface area contributed by atoms with Gasteiger partial charge in [0, 0.05) is 29.5 Å². The number of nitrogens with one attached hydrogen (secondary N) is 3. The van der Waals surface area contributed by atoms with E-state index in [4.69, 9.17) is 4.74 Å². The Labute approximate surface area is 176 Å². The second kappa shape index (κ2) is 10.7. The smallest absolute Gasteiger partial charge is 0.243 e. The van der Waals surface area contributed by atoms with Crippen LogP contribution in [0, 0.1) is 0 Å². The number of hydrogen-bond donors (Lipinski definition) is 3. The monoisotopic (exact) mass is 403 g/mol. The van der Waals surface area contributed by atoms with Gasteiger partial charge in [0.15, 0.2) is 0 Å². The van der Waals surface area contributed by atoms with Gasteiger partial charge in [-0.25, -0.2) is 0 Å². The maximum atomic E-state index is 12.2. The van der Waals surface area contributed by atoms with Crippen molar-refractivity contribution in [1.29, 1.82) is 0 Å². The summed E-state index contributed by atoms with van der Waals surface area (Å²) >= 11 is 0. The van der Waals surface area contributed by atoms with E-state index in [9.17, 15) is 9.59 Å². The number of rotatable bonds is 9. The van der Waals surface area contributed by atoms with Gasteiger partial charge in [0.2, 0.25) is 11.8 Å². The molecule has 3 aromatic carbocycles.